The van der Waals surface area contributed by atoms with Crippen molar-refractivity contribution in [3.05, 3.63) is 51.5 Å². The van der Waals surface area contributed by atoms with Crippen molar-refractivity contribution in [2.24, 2.45) is 5.10 Å². The van der Waals surface area contributed by atoms with Gasteiger partial charge in [0.25, 0.3) is 5.91 Å². The first kappa shape index (κ1) is 14.6. The molecule has 1 aromatic heterocycles. The molecule has 0 radical (unpaired) electrons. The van der Waals surface area contributed by atoms with E-state index in [9.17, 15) is 4.79 Å². The standard InChI is InChI=1S/C14H14IN3O2/c1-10-2-4-11(5-3-10)16-9-14(19)18-17-8-12-6-7-13(15)20-12/h2-8,16H,9H2,1H3,(H,18,19). The Bertz CT molecular complexity index is 605. The van der Waals surface area contributed by atoms with Gasteiger partial charge in [0, 0.05) is 5.69 Å². The molecule has 0 spiro atoms. The van der Waals surface area contributed by atoms with E-state index in [-0.39, 0.29) is 12.5 Å². The predicted molar refractivity (Wildman–Crippen MR) is 86.8 cm³/mol. The van der Waals surface area contributed by atoms with E-state index in [4.69, 9.17) is 4.42 Å². The molecule has 104 valence electrons. The molecule has 0 saturated heterocycles. The molecule has 1 amide bonds. The summed E-state index contributed by atoms with van der Waals surface area (Å²) in [5.74, 6) is 0.379. The Labute approximate surface area is 130 Å². The number of benzene rings is 1. The normalized spacial score (nSPS) is 10.7. The monoisotopic (exact) mass is 383 g/mol. The number of anilines is 1. The number of halogens is 1. The largest absolute Gasteiger partial charge is 0.449 e. The van der Waals surface area contributed by atoms with E-state index in [2.05, 4.69) is 38.4 Å². The van der Waals surface area contributed by atoms with E-state index in [1.54, 1.807) is 6.07 Å². The molecule has 1 aromatic carbocycles. The minimum Gasteiger partial charge on any atom is -0.449 e. The number of amides is 1. The Morgan fingerprint density at radius 3 is 2.70 bits per heavy atom. The van der Waals surface area contributed by atoms with Gasteiger partial charge in [0.2, 0.25) is 0 Å². The average Bonchev–Trinajstić information content (AvgIpc) is 2.84. The van der Waals surface area contributed by atoms with Crippen molar-refractivity contribution in [2.75, 3.05) is 11.9 Å². The van der Waals surface area contributed by atoms with Crippen molar-refractivity contribution in [2.45, 2.75) is 6.92 Å². The fourth-order valence-electron chi connectivity index (χ4n) is 1.46. The van der Waals surface area contributed by atoms with Crippen LogP contribution in [0.4, 0.5) is 5.69 Å². The average molecular weight is 383 g/mol. The zero-order valence-electron chi connectivity index (χ0n) is 10.9. The molecule has 20 heavy (non-hydrogen) atoms. The number of furan rings is 1. The van der Waals surface area contributed by atoms with Crippen LogP contribution in [0.1, 0.15) is 11.3 Å². The third kappa shape index (κ3) is 4.69. The molecule has 0 aliphatic carbocycles. The van der Waals surface area contributed by atoms with Crippen LogP contribution in [0.25, 0.3) is 0 Å². The van der Waals surface area contributed by atoms with Crippen molar-refractivity contribution in [1.82, 2.24) is 5.43 Å². The second-order valence-electron chi connectivity index (χ2n) is 4.15. The number of nitrogens with zero attached hydrogens (tertiary/aromatic N) is 1. The molecule has 6 heteroatoms. The maximum absolute atomic E-state index is 11.6. The summed E-state index contributed by atoms with van der Waals surface area (Å²) in [6.07, 6.45) is 1.46. The molecule has 0 aliphatic rings. The van der Waals surface area contributed by atoms with Crippen LogP contribution >= 0.6 is 22.6 Å². The van der Waals surface area contributed by atoms with Crippen LogP contribution in [0.3, 0.4) is 0 Å². The Morgan fingerprint density at radius 1 is 1.30 bits per heavy atom. The van der Waals surface area contributed by atoms with Crippen molar-refractivity contribution in [3.8, 4) is 0 Å². The summed E-state index contributed by atoms with van der Waals surface area (Å²) in [6.45, 7) is 2.18. The highest BCUT2D eigenvalue weighted by Crippen LogP contribution is 2.08. The molecule has 0 aliphatic heterocycles. The second kappa shape index (κ2) is 7.09. The third-order valence-electron chi connectivity index (χ3n) is 2.48. The van der Waals surface area contributed by atoms with Crippen LogP contribution in [0.2, 0.25) is 0 Å². The Kier molecular flexibility index (Phi) is 5.16. The molecule has 0 bridgehead atoms. The second-order valence-corrected chi connectivity index (χ2v) is 5.22. The first-order chi connectivity index (χ1) is 9.63. The zero-order valence-corrected chi connectivity index (χ0v) is 13.0. The smallest absolute Gasteiger partial charge is 0.259 e. The molecular weight excluding hydrogens is 369 g/mol. The lowest BCUT2D eigenvalue weighted by molar-refractivity contribution is -0.119. The SMILES string of the molecule is Cc1ccc(NCC(=O)NN=Cc2ccc(I)o2)cc1. The number of aryl methyl sites for hydroxylation is 1. The fourth-order valence-corrected chi connectivity index (χ4v) is 1.89. The molecule has 2 rings (SSSR count). The van der Waals surface area contributed by atoms with E-state index in [1.165, 1.54) is 11.8 Å². The Balaban J connectivity index is 1.75. The molecule has 0 saturated carbocycles. The van der Waals surface area contributed by atoms with Gasteiger partial charge in [-0.25, -0.2) is 5.43 Å². The topological polar surface area (TPSA) is 66.6 Å². The zero-order chi connectivity index (χ0) is 14.4. The highest BCUT2D eigenvalue weighted by atomic mass is 127. The third-order valence-corrected chi connectivity index (χ3v) is 3.06. The molecular formula is C14H14IN3O2. The summed E-state index contributed by atoms with van der Waals surface area (Å²) in [4.78, 5) is 11.6. The van der Waals surface area contributed by atoms with Gasteiger partial charge in [-0.2, -0.15) is 5.10 Å². The van der Waals surface area contributed by atoms with Crippen LogP contribution in [-0.2, 0) is 4.79 Å². The van der Waals surface area contributed by atoms with E-state index in [0.29, 0.717) is 5.76 Å². The fraction of sp³-hybridized carbons (Fsp3) is 0.143. The summed E-state index contributed by atoms with van der Waals surface area (Å²) in [6, 6.07) is 11.4. The number of nitrogens with one attached hydrogen (secondary N) is 2. The van der Waals surface area contributed by atoms with Gasteiger partial charge in [-0.3, -0.25) is 4.79 Å². The van der Waals surface area contributed by atoms with Crippen molar-refractivity contribution in [1.29, 1.82) is 0 Å². The molecule has 0 unspecified atom stereocenters. The first-order valence-corrected chi connectivity index (χ1v) is 7.09. The van der Waals surface area contributed by atoms with Gasteiger partial charge in [-0.05, 0) is 53.8 Å². The summed E-state index contributed by atoms with van der Waals surface area (Å²) < 4.78 is 6.05. The lowest BCUT2D eigenvalue weighted by Gasteiger charge is -2.05. The summed E-state index contributed by atoms with van der Waals surface area (Å²) in [5, 5.41) is 6.83. The van der Waals surface area contributed by atoms with Crippen LogP contribution in [0.15, 0.2) is 45.9 Å². The number of carbonyl (C=O) groups is 1. The van der Waals surface area contributed by atoms with Crippen LogP contribution in [-0.4, -0.2) is 18.7 Å². The van der Waals surface area contributed by atoms with Crippen LogP contribution < -0.4 is 10.7 Å². The Hall–Kier alpha value is -1.83. The van der Waals surface area contributed by atoms with Crippen LogP contribution in [0, 0.1) is 10.7 Å². The minimum absolute atomic E-state index is 0.163. The number of carbonyl (C=O) groups excluding carboxylic acids is 1. The van der Waals surface area contributed by atoms with Crippen molar-refractivity contribution in [3.63, 3.8) is 0 Å². The molecule has 0 atom stereocenters. The van der Waals surface area contributed by atoms with Crippen molar-refractivity contribution < 1.29 is 9.21 Å². The summed E-state index contributed by atoms with van der Waals surface area (Å²) in [7, 11) is 0. The molecule has 5 nitrogen and oxygen atoms in total. The van der Waals surface area contributed by atoms with Gasteiger partial charge >= 0.3 is 0 Å². The maximum Gasteiger partial charge on any atom is 0.259 e. The van der Waals surface area contributed by atoms with Gasteiger partial charge in [0.05, 0.1) is 12.8 Å². The molecule has 2 aromatic rings. The van der Waals surface area contributed by atoms with Crippen molar-refractivity contribution >= 4 is 40.4 Å². The van der Waals surface area contributed by atoms with E-state index < -0.39 is 0 Å². The number of rotatable bonds is 5. The lowest BCUT2D eigenvalue weighted by atomic mass is 10.2. The number of hydrogen-bond acceptors (Lipinski definition) is 4. The predicted octanol–water partition coefficient (Wildman–Crippen LogP) is 2.75. The first-order valence-electron chi connectivity index (χ1n) is 6.01. The van der Waals surface area contributed by atoms with E-state index >= 15 is 0 Å². The highest BCUT2D eigenvalue weighted by molar-refractivity contribution is 14.1. The summed E-state index contributed by atoms with van der Waals surface area (Å²) in [5.41, 5.74) is 4.50. The maximum atomic E-state index is 11.6. The lowest BCUT2D eigenvalue weighted by Crippen LogP contribution is -2.25. The van der Waals surface area contributed by atoms with Gasteiger partial charge in [0.15, 0.2) is 3.77 Å². The number of hydrogen-bond donors (Lipinski definition) is 2. The molecule has 1 heterocycles. The van der Waals surface area contributed by atoms with E-state index in [1.807, 2.05) is 37.3 Å². The van der Waals surface area contributed by atoms with Gasteiger partial charge < -0.3 is 9.73 Å². The van der Waals surface area contributed by atoms with Crippen LogP contribution in [0.5, 0.6) is 0 Å². The van der Waals surface area contributed by atoms with E-state index in [0.717, 1.165) is 9.45 Å². The quantitative estimate of drug-likeness (QED) is 0.474. The highest BCUT2D eigenvalue weighted by Gasteiger charge is 2.00. The molecule has 2 N–H and O–H groups in total. The van der Waals surface area contributed by atoms with Gasteiger partial charge in [-0.1, -0.05) is 17.7 Å². The van der Waals surface area contributed by atoms with Gasteiger partial charge in [-0.15, -0.1) is 0 Å². The summed E-state index contributed by atoms with van der Waals surface area (Å²) >= 11 is 2.06. The number of hydrazone groups is 1. The molecule has 0 fully saturated rings. The minimum atomic E-state index is -0.219. The Morgan fingerprint density at radius 2 is 2.05 bits per heavy atom. The van der Waals surface area contributed by atoms with Gasteiger partial charge in [0.1, 0.15) is 5.76 Å².